The zero-order valence-corrected chi connectivity index (χ0v) is 12.1. The van der Waals surface area contributed by atoms with Crippen LogP contribution in [0.4, 0.5) is 5.69 Å². The highest BCUT2D eigenvalue weighted by molar-refractivity contribution is 6.30. The standard InChI is InChI=1S/C16H17ClN2O/c1-10-7-11(17)5-6-13(10)14-3-2-4-15-16(14)20-12(8-18)9-19-15/h2-7,12,19H,8-9,18H2,1H3/t12-/m0/s1. The van der Waals surface area contributed by atoms with E-state index in [1.807, 2.05) is 30.3 Å². The lowest BCUT2D eigenvalue weighted by atomic mass is 9.98. The molecule has 0 spiro atoms. The third kappa shape index (κ3) is 2.35. The summed E-state index contributed by atoms with van der Waals surface area (Å²) >= 11 is 6.03. The number of hydrogen-bond acceptors (Lipinski definition) is 3. The Kier molecular flexibility index (Phi) is 3.55. The van der Waals surface area contributed by atoms with Crippen LogP contribution < -0.4 is 15.8 Å². The van der Waals surface area contributed by atoms with Gasteiger partial charge in [-0.1, -0.05) is 29.8 Å². The molecule has 3 rings (SSSR count). The number of aryl methyl sites for hydroxylation is 1. The van der Waals surface area contributed by atoms with Gasteiger partial charge in [-0.25, -0.2) is 0 Å². The van der Waals surface area contributed by atoms with E-state index in [9.17, 15) is 0 Å². The molecule has 0 fully saturated rings. The Bertz CT molecular complexity index is 642. The van der Waals surface area contributed by atoms with E-state index in [1.54, 1.807) is 0 Å². The SMILES string of the molecule is Cc1cc(Cl)ccc1-c1cccc2c1O[C@@H](CN)CN2. The summed E-state index contributed by atoms with van der Waals surface area (Å²) in [6, 6.07) is 12.0. The number of nitrogens with one attached hydrogen (secondary N) is 1. The minimum Gasteiger partial charge on any atom is -0.484 e. The second-order valence-electron chi connectivity index (χ2n) is 5.00. The van der Waals surface area contributed by atoms with Crippen LogP contribution >= 0.6 is 11.6 Å². The van der Waals surface area contributed by atoms with E-state index in [1.165, 1.54) is 0 Å². The second kappa shape index (κ2) is 5.35. The molecule has 2 aromatic rings. The van der Waals surface area contributed by atoms with E-state index >= 15 is 0 Å². The highest BCUT2D eigenvalue weighted by Crippen LogP contribution is 2.40. The minimum atomic E-state index is 0.0104. The molecule has 1 atom stereocenters. The zero-order valence-electron chi connectivity index (χ0n) is 11.3. The van der Waals surface area contributed by atoms with Crippen molar-refractivity contribution in [3.63, 3.8) is 0 Å². The topological polar surface area (TPSA) is 47.3 Å². The predicted octanol–water partition coefficient (Wildman–Crippen LogP) is 3.45. The number of ether oxygens (including phenoxy) is 1. The lowest BCUT2D eigenvalue weighted by Gasteiger charge is -2.28. The average Bonchev–Trinajstić information content (AvgIpc) is 2.46. The molecule has 0 saturated carbocycles. The number of halogens is 1. The van der Waals surface area contributed by atoms with Gasteiger partial charge in [-0.2, -0.15) is 0 Å². The fourth-order valence-corrected chi connectivity index (χ4v) is 2.73. The summed E-state index contributed by atoms with van der Waals surface area (Å²) < 4.78 is 6.03. The number of fused-ring (bicyclic) bond motifs is 1. The van der Waals surface area contributed by atoms with E-state index in [0.29, 0.717) is 6.54 Å². The molecule has 104 valence electrons. The van der Waals surface area contributed by atoms with Gasteiger partial charge in [0.05, 0.1) is 12.2 Å². The van der Waals surface area contributed by atoms with Gasteiger partial charge in [0.15, 0.2) is 5.75 Å². The van der Waals surface area contributed by atoms with Crippen LogP contribution in [0.1, 0.15) is 5.56 Å². The molecule has 0 saturated heterocycles. The van der Waals surface area contributed by atoms with Gasteiger partial charge >= 0.3 is 0 Å². The molecular formula is C16H17ClN2O. The Morgan fingerprint density at radius 1 is 1.30 bits per heavy atom. The number of benzene rings is 2. The smallest absolute Gasteiger partial charge is 0.150 e. The highest BCUT2D eigenvalue weighted by Gasteiger charge is 2.21. The molecule has 1 aliphatic heterocycles. The Morgan fingerprint density at radius 2 is 2.15 bits per heavy atom. The van der Waals surface area contributed by atoms with E-state index < -0.39 is 0 Å². The van der Waals surface area contributed by atoms with Crippen molar-refractivity contribution in [3.05, 3.63) is 47.0 Å². The molecule has 0 bridgehead atoms. The van der Waals surface area contributed by atoms with Crippen LogP contribution in [0.25, 0.3) is 11.1 Å². The van der Waals surface area contributed by atoms with Crippen LogP contribution in [0.15, 0.2) is 36.4 Å². The van der Waals surface area contributed by atoms with E-state index in [0.717, 1.165) is 39.7 Å². The van der Waals surface area contributed by atoms with Crippen molar-refractivity contribution in [2.45, 2.75) is 13.0 Å². The molecule has 0 aliphatic carbocycles. The first-order valence-corrected chi connectivity index (χ1v) is 7.07. The molecule has 1 heterocycles. The number of anilines is 1. The van der Waals surface area contributed by atoms with E-state index in [-0.39, 0.29) is 6.10 Å². The zero-order chi connectivity index (χ0) is 14.1. The summed E-state index contributed by atoms with van der Waals surface area (Å²) in [6.45, 7) is 3.30. The second-order valence-corrected chi connectivity index (χ2v) is 5.43. The van der Waals surface area contributed by atoms with Gasteiger partial charge in [0.25, 0.3) is 0 Å². The number of hydrogen-bond donors (Lipinski definition) is 2. The van der Waals surface area contributed by atoms with Crippen molar-refractivity contribution in [2.24, 2.45) is 5.73 Å². The fraction of sp³-hybridized carbons (Fsp3) is 0.250. The molecular weight excluding hydrogens is 272 g/mol. The van der Waals surface area contributed by atoms with Gasteiger partial charge in [0.2, 0.25) is 0 Å². The van der Waals surface area contributed by atoms with Crippen LogP contribution in [0.5, 0.6) is 5.75 Å². The molecule has 4 heteroatoms. The Morgan fingerprint density at radius 3 is 2.90 bits per heavy atom. The third-order valence-corrected chi connectivity index (χ3v) is 3.80. The summed E-state index contributed by atoms with van der Waals surface area (Å²) in [5.74, 6) is 0.875. The molecule has 3 nitrogen and oxygen atoms in total. The normalized spacial score (nSPS) is 17.1. The lowest BCUT2D eigenvalue weighted by Crippen LogP contribution is -2.37. The largest absolute Gasteiger partial charge is 0.484 e. The van der Waals surface area contributed by atoms with Gasteiger partial charge < -0.3 is 15.8 Å². The summed E-state index contributed by atoms with van der Waals surface area (Å²) in [7, 11) is 0. The van der Waals surface area contributed by atoms with Gasteiger partial charge in [-0.3, -0.25) is 0 Å². The molecule has 0 radical (unpaired) electrons. The van der Waals surface area contributed by atoms with Crippen molar-refractivity contribution in [3.8, 4) is 16.9 Å². The maximum Gasteiger partial charge on any atom is 0.150 e. The van der Waals surface area contributed by atoms with Gasteiger partial charge in [0, 0.05) is 17.1 Å². The molecule has 3 N–H and O–H groups in total. The third-order valence-electron chi connectivity index (χ3n) is 3.56. The van der Waals surface area contributed by atoms with Crippen LogP contribution in [0.3, 0.4) is 0 Å². The Balaban J connectivity index is 2.10. The van der Waals surface area contributed by atoms with Crippen LogP contribution in [-0.2, 0) is 0 Å². The van der Waals surface area contributed by atoms with E-state index in [2.05, 4.69) is 18.3 Å². The first-order valence-electron chi connectivity index (χ1n) is 6.69. The van der Waals surface area contributed by atoms with Crippen molar-refractivity contribution in [1.29, 1.82) is 0 Å². The highest BCUT2D eigenvalue weighted by atomic mass is 35.5. The molecule has 2 aromatic carbocycles. The Labute approximate surface area is 123 Å². The number of rotatable bonds is 2. The van der Waals surface area contributed by atoms with Gasteiger partial charge in [-0.15, -0.1) is 0 Å². The maximum atomic E-state index is 6.03. The quantitative estimate of drug-likeness (QED) is 0.890. The first-order chi connectivity index (χ1) is 9.69. The molecule has 0 amide bonds. The van der Waals surface area contributed by atoms with Crippen LogP contribution in [0, 0.1) is 6.92 Å². The molecule has 0 unspecified atom stereocenters. The summed E-state index contributed by atoms with van der Waals surface area (Å²) in [5, 5.41) is 4.12. The van der Waals surface area contributed by atoms with Crippen molar-refractivity contribution >= 4 is 17.3 Å². The van der Waals surface area contributed by atoms with Crippen LogP contribution in [0.2, 0.25) is 5.02 Å². The summed E-state index contributed by atoms with van der Waals surface area (Å²) in [4.78, 5) is 0. The minimum absolute atomic E-state index is 0.0104. The monoisotopic (exact) mass is 288 g/mol. The summed E-state index contributed by atoms with van der Waals surface area (Å²) in [5.41, 5.74) is 10.1. The summed E-state index contributed by atoms with van der Waals surface area (Å²) in [6.07, 6.45) is 0.0104. The molecule has 20 heavy (non-hydrogen) atoms. The molecule has 0 aromatic heterocycles. The van der Waals surface area contributed by atoms with Crippen molar-refractivity contribution in [1.82, 2.24) is 0 Å². The van der Waals surface area contributed by atoms with Crippen molar-refractivity contribution in [2.75, 3.05) is 18.4 Å². The van der Waals surface area contributed by atoms with Gasteiger partial charge in [-0.05, 0) is 36.2 Å². The molecule has 1 aliphatic rings. The van der Waals surface area contributed by atoms with Gasteiger partial charge in [0.1, 0.15) is 6.10 Å². The maximum absolute atomic E-state index is 6.03. The van der Waals surface area contributed by atoms with Crippen molar-refractivity contribution < 1.29 is 4.74 Å². The fourth-order valence-electron chi connectivity index (χ4n) is 2.51. The number of nitrogens with two attached hydrogens (primary N) is 1. The number of para-hydroxylation sites is 1. The predicted molar refractivity (Wildman–Crippen MR) is 83.6 cm³/mol. The van der Waals surface area contributed by atoms with Crippen LogP contribution in [-0.4, -0.2) is 19.2 Å². The lowest BCUT2D eigenvalue weighted by molar-refractivity contribution is 0.215. The Hall–Kier alpha value is -1.71. The first kappa shape index (κ1) is 13.3. The average molecular weight is 289 g/mol. The van der Waals surface area contributed by atoms with E-state index in [4.69, 9.17) is 22.1 Å².